The summed E-state index contributed by atoms with van der Waals surface area (Å²) in [6.07, 6.45) is 0.704. The van der Waals surface area contributed by atoms with Crippen LogP contribution < -0.4 is 10.2 Å². The van der Waals surface area contributed by atoms with Gasteiger partial charge in [0.2, 0.25) is 0 Å². The number of hydrogen-bond donors (Lipinski definition) is 1. The molecular weight excluding hydrogens is 305 g/mol. The summed E-state index contributed by atoms with van der Waals surface area (Å²) in [5.41, 5.74) is 2.22. The van der Waals surface area contributed by atoms with E-state index in [1.165, 1.54) is 17.8 Å². The summed E-state index contributed by atoms with van der Waals surface area (Å²) in [6, 6.07) is 16.6. The van der Waals surface area contributed by atoms with Gasteiger partial charge in [0, 0.05) is 38.4 Å². The van der Waals surface area contributed by atoms with E-state index in [1.54, 1.807) is 12.1 Å². The molecule has 0 bridgehead atoms. The van der Waals surface area contributed by atoms with Crippen molar-refractivity contribution in [3.05, 3.63) is 66.0 Å². The van der Waals surface area contributed by atoms with Gasteiger partial charge in [-0.25, -0.2) is 9.18 Å². The van der Waals surface area contributed by atoms with E-state index in [-0.39, 0.29) is 11.8 Å². The van der Waals surface area contributed by atoms with Gasteiger partial charge in [-0.2, -0.15) is 0 Å². The van der Waals surface area contributed by atoms with Crippen molar-refractivity contribution in [1.82, 2.24) is 10.2 Å². The van der Waals surface area contributed by atoms with Crippen LogP contribution in [0.25, 0.3) is 0 Å². The Labute approximate surface area is 141 Å². The van der Waals surface area contributed by atoms with Crippen LogP contribution in [-0.4, -0.2) is 43.7 Å². The van der Waals surface area contributed by atoms with E-state index in [1.807, 2.05) is 23.1 Å². The second-order valence-corrected chi connectivity index (χ2v) is 5.92. The van der Waals surface area contributed by atoms with Gasteiger partial charge >= 0.3 is 6.03 Å². The molecule has 0 unspecified atom stereocenters. The lowest BCUT2D eigenvalue weighted by Crippen LogP contribution is -2.52. The maximum Gasteiger partial charge on any atom is 0.317 e. The van der Waals surface area contributed by atoms with Crippen molar-refractivity contribution in [2.75, 3.05) is 37.6 Å². The van der Waals surface area contributed by atoms with Gasteiger partial charge in [0.05, 0.1) is 0 Å². The minimum absolute atomic E-state index is 0.0233. The monoisotopic (exact) mass is 327 g/mol. The van der Waals surface area contributed by atoms with Crippen LogP contribution in [0.5, 0.6) is 0 Å². The molecule has 5 heteroatoms. The lowest BCUT2D eigenvalue weighted by Gasteiger charge is -2.36. The number of nitrogens with one attached hydrogen (secondary N) is 1. The summed E-state index contributed by atoms with van der Waals surface area (Å²) in [4.78, 5) is 16.4. The number of hydrogen-bond acceptors (Lipinski definition) is 2. The third kappa shape index (κ3) is 4.25. The number of anilines is 1. The molecule has 1 aliphatic heterocycles. The molecule has 1 fully saturated rings. The Bertz CT molecular complexity index is 652. The van der Waals surface area contributed by atoms with Crippen LogP contribution in [0.3, 0.4) is 0 Å². The Hall–Kier alpha value is -2.56. The normalized spacial score (nSPS) is 14.5. The van der Waals surface area contributed by atoms with E-state index in [9.17, 15) is 9.18 Å². The van der Waals surface area contributed by atoms with Crippen molar-refractivity contribution in [1.29, 1.82) is 0 Å². The van der Waals surface area contributed by atoms with Crippen molar-refractivity contribution in [2.45, 2.75) is 6.42 Å². The average molecular weight is 327 g/mol. The summed E-state index contributed by atoms with van der Waals surface area (Å²) < 4.78 is 12.9. The van der Waals surface area contributed by atoms with Crippen molar-refractivity contribution in [2.24, 2.45) is 0 Å². The Morgan fingerprint density at radius 1 is 0.958 bits per heavy atom. The molecule has 126 valence electrons. The second-order valence-electron chi connectivity index (χ2n) is 5.92. The minimum atomic E-state index is -0.237. The Morgan fingerprint density at radius 2 is 1.62 bits per heavy atom. The molecule has 24 heavy (non-hydrogen) atoms. The van der Waals surface area contributed by atoms with E-state index in [4.69, 9.17) is 0 Å². The van der Waals surface area contributed by atoms with Crippen LogP contribution in [-0.2, 0) is 6.42 Å². The molecule has 0 aromatic heterocycles. The zero-order valence-electron chi connectivity index (χ0n) is 13.6. The molecule has 2 aromatic rings. The van der Waals surface area contributed by atoms with Gasteiger partial charge in [-0.3, -0.25) is 0 Å². The van der Waals surface area contributed by atoms with Crippen molar-refractivity contribution < 1.29 is 9.18 Å². The van der Waals surface area contributed by atoms with Crippen molar-refractivity contribution in [3.8, 4) is 0 Å². The summed E-state index contributed by atoms with van der Waals surface area (Å²) in [5.74, 6) is -0.237. The summed E-state index contributed by atoms with van der Waals surface area (Å²) in [7, 11) is 0. The molecule has 4 nitrogen and oxygen atoms in total. The van der Waals surface area contributed by atoms with Gasteiger partial charge in [-0.1, -0.05) is 30.3 Å². The topological polar surface area (TPSA) is 35.6 Å². The van der Waals surface area contributed by atoms with Gasteiger partial charge in [-0.05, 0) is 36.2 Å². The van der Waals surface area contributed by atoms with Gasteiger partial charge in [-0.15, -0.1) is 0 Å². The van der Waals surface area contributed by atoms with E-state index < -0.39 is 0 Å². The number of benzene rings is 2. The highest BCUT2D eigenvalue weighted by atomic mass is 19.1. The summed E-state index contributed by atoms with van der Waals surface area (Å²) >= 11 is 0. The zero-order chi connectivity index (χ0) is 16.8. The number of nitrogens with zero attached hydrogens (tertiary/aromatic N) is 2. The number of carbonyl (C=O) groups is 1. The van der Waals surface area contributed by atoms with Crippen LogP contribution in [0, 0.1) is 5.82 Å². The number of rotatable bonds is 4. The Morgan fingerprint density at radius 3 is 2.29 bits per heavy atom. The average Bonchev–Trinajstić information content (AvgIpc) is 2.64. The molecule has 1 heterocycles. The van der Waals surface area contributed by atoms with Crippen molar-refractivity contribution in [3.63, 3.8) is 0 Å². The lowest BCUT2D eigenvalue weighted by atomic mass is 10.1. The fourth-order valence-corrected chi connectivity index (χ4v) is 2.88. The molecule has 2 amide bonds. The number of urea groups is 1. The van der Waals surface area contributed by atoms with Gasteiger partial charge in [0.15, 0.2) is 0 Å². The first kappa shape index (κ1) is 16.3. The molecule has 0 spiro atoms. The Kier molecular flexibility index (Phi) is 5.31. The molecule has 3 rings (SSSR count). The van der Waals surface area contributed by atoms with Crippen LogP contribution >= 0.6 is 0 Å². The van der Waals surface area contributed by atoms with E-state index in [0.29, 0.717) is 13.0 Å². The first-order valence-corrected chi connectivity index (χ1v) is 8.29. The first-order valence-electron chi connectivity index (χ1n) is 8.29. The Balaban J connectivity index is 1.41. The van der Waals surface area contributed by atoms with Crippen molar-refractivity contribution >= 4 is 11.7 Å². The number of carbonyl (C=O) groups excluding carboxylic acids is 1. The van der Waals surface area contributed by atoms with Crippen LogP contribution in [0.1, 0.15) is 5.56 Å². The molecule has 0 atom stereocenters. The zero-order valence-corrected chi connectivity index (χ0v) is 13.6. The standard InChI is InChI=1S/C19H22FN3O/c20-17-8-6-16(7-9-17)10-11-21-19(24)23-14-12-22(13-15-23)18-4-2-1-3-5-18/h1-9H,10-15H2,(H,21,24). The van der Waals surface area contributed by atoms with E-state index >= 15 is 0 Å². The van der Waals surface area contributed by atoms with E-state index in [0.717, 1.165) is 31.7 Å². The van der Waals surface area contributed by atoms with Gasteiger partial charge < -0.3 is 15.1 Å². The number of para-hydroxylation sites is 1. The van der Waals surface area contributed by atoms with Crippen LogP contribution in [0.15, 0.2) is 54.6 Å². The molecular formula is C19H22FN3O. The lowest BCUT2D eigenvalue weighted by molar-refractivity contribution is 0.194. The SMILES string of the molecule is O=C(NCCc1ccc(F)cc1)N1CCN(c2ccccc2)CC1. The fourth-order valence-electron chi connectivity index (χ4n) is 2.88. The minimum Gasteiger partial charge on any atom is -0.368 e. The number of piperazine rings is 1. The molecule has 0 radical (unpaired) electrons. The summed E-state index contributed by atoms with van der Waals surface area (Å²) in [6.45, 7) is 3.68. The molecule has 1 aliphatic rings. The molecule has 1 saturated heterocycles. The van der Waals surface area contributed by atoms with E-state index in [2.05, 4.69) is 22.3 Å². The number of amides is 2. The molecule has 0 aliphatic carbocycles. The third-order valence-electron chi connectivity index (χ3n) is 4.29. The van der Waals surface area contributed by atoms with Gasteiger partial charge in [0.1, 0.15) is 5.82 Å². The quantitative estimate of drug-likeness (QED) is 0.937. The smallest absolute Gasteiger partial charge is 0.317 e. The largest absolute Gasteiger partial charge is 0.368 e. The molecule has 0 saturated carbocycles. The highest BCUT2D eigenvalue weighted by molar-refractivity contribution is 5.74. The molecule has 1 N–H and O–H groups in total. The van der Waals surface area contributed by atoms with Crippen LogP contribution in [0.2, 0.25) is 0 Å². The predicted molar refractivity (Wildman–Crippen MR) is 93.7 cm³/mol. The van der Waals surface area contributed by atoms with Gasteiger partial charge in [0.25, 0.3) is 0 Å². The first-order chi connectivity index (χ1) is 11.7. The summed E-state index contributed by atoms with van der Waals surface area (Å²) in [5, 5.41) is 2.94. The third-order valence-corrected chi connectivity index (χ3v) is 4.29. The number of halogens is 1. The molecule has 2 aromatic carbocycles. The predicted octanol–water partition coefficient (Wildman–Crippen LogP) is 2.90. The maximum absolute atomic E-state index is 12.9. The van der Waals surface area contributed by atoms with Crippen LogP contribution in [0.4, 0.5) is 14.9 Å². The highest BCUT2D eigenvalue weighted by Crippen LogP contribution is 2.15. The maximum atomic E-state index is 12.9. The highest BCUT2D eigenvalue weighted by Gasteiger charge is 2.20. The fraction of sp³-hybridized carbons (Fsp3) is 0.316. The second kappa shape index (κ2) is 7.81.